The monoisotopic (exact) mass is 492 g/mol. The van der Waals surface area contributed by atoms with Gasteiger partial charge in [-0.2, -0.15) is 5.26 Å². The standard InChI is InChI=1S/C27H26Cl2N4O/c28-23-13-24(29)15-25(14-23)33-27(34)32-17-26(21-8-10-31-11-9-21)20-6-4-19(5-7-20)22-3-1-2-18(12-22)16-30/h1-7,12-15,21,26,31H,8-11,17H2,(H2,32,33,34). The van der Waals surface area contributed by atoms with Gasteiger partial charge in [0.1, 0.15) is 0 Å². The van der Waals surface area contributed by atoms with Gasteiger partial charge in [0.15, 0.2) is 0 Å². The molecule has 1 aliphatic heterocycles. The predicted molar refractivity (Wildman–Crippen MR) is 138 cm³/mol. The van der Waals surface area contributed by atoms with Crippen molar-refractivity contribution in [1.82, 2.24) is 10.6 Å². The van der Waals surface area contributed by atoms with Gasteiger partial charge in [-0.05, 0) is 78.9 Å². The summed E-state index contributed by atoms with van der Waals surface area (Å²) in [5, 5.41) is 19.4. The molecular weight excluding hydrogens is 467 g/mol. The highest BCUT2D eigenvalue weighted by Gasteiger charge is 2.25. The molecule has 0 aromatic heterocycles. The molecule has 34 heavy (non-hydrogen) atoms. The first-order valence-electron chi connectivity index (χ1n) is 11.3. The van der Waals surface area contributed by atoms with Crippen molar-refractivity contribution in [3.05, 3.63) is 87.9 Å². The summed E-state index contributed by atoms with van der Waals surface area (Å²) >= 11 is 12.1. The zero-order valence-corrected chi connectivity index (χ0v) is 20.2. The Labute approximate surface area is 210 Å². The van der Waals surface area contributed by atoms with Crippen molar-refractivity contribution in [2.45, 2.75) is 18.8 Å². The van der Waals surface area contributed by atoms with Crippen molar-refractivity contribution < 1.29 is 4.79 Å². The van der Waals surface area contributed by atoms with Crippen molar-refractivity contribution in [3.8, 4) is 17.2 Å². The van der Waals surface area contributed by atoms with Crippen LogP contribution in [-0.2, 0) is 0 Å². The summed E-state index contributed by atoms with van der Waals surface area (Å²) in [5.41, 5.74) is 4.47. The highest BCUT2D eigenvalue weighted by Crippen LogP contribution is 2.32. The summed E-state index contributed by atoms with van der Waals surface area (Å²) in [6, 6.07) is 22.9. The van der Waals surface area contributed by atoms with Gasteiger partial charge in [0.2, 0.25) is 0 Å². The molecule has 2 amide bonds. The topological polar surface area (TPSA) is 77.0 Å². The van der Waals surface area contributed by atoms with Crippen molar-refractivity contribution >= 4 is 34.9 Å². The lowest BCUT2D eigenvalue weighted by molar-refractivity contribution is 0.247. The van der Waals surface area contributed by atoms with E-state index < -0.39 is 0 Å². The van der Waals surface area contributed by atoms with Crippen LogP contribution in [0.4, 0.5) is 10.5 Å². The highest BCUT2D eigenvalue weighted by molar-refractivity contribution is 6.35. The predicted octanol–water partition coefficient (Wildman–Crippen LogP) is 6.44. The van der Waals surface area contributed by atoms with Crippen molar-refractivity contribution in [1.29, 1.82) is 5.26 Å². The van der Waals surface area contributed by atoms with Gasteiger partial charge in [-0.25, -0.2) is 4.79 Å². The lowest BCUT2D eigenvalue weighted by atomic mass is 9.80. The second-order valence-electron chi connectivity index (χ2n) is 8.50. The minimum atomic E-state index is -0.290. The average Bonchev–Trinajstić information content (AvgIpc) is 2.84. The van der Waals surface area contributed by atoms with E-state index >= 15 is 0 Å². The fourth-order valence-electron chi connectivity index (χ4n) is 4.50. The Morgan fingerprint density at radius 2 is 1.71 bits per heavy atom. The van der Waals surface area contributed by atoms with E-state index in [4.69, 9.17) is 23.2 Å². The molecule has 0 aliphatic carbocycles. The number of hydrogen-bond acceptors (Lipinski definition) is 3. The lowest BCUT2D eigenvalue weighted by Crippen LogP contribution is -2.38. The minimum Gasteiger partial charge on any atom is -0.337 e. The Balaban J connectivity index is 1.48. The Hall–Kier alpha value is -3.04. The molecule has 0 spiro atoms. The summed E-state index contributed by atoms with van der Waals surface area (Å²) in [7, 11) is 0. The van der Waals surface area contributed by atoms with Crippen LogP contribution in [0, 0.1) is 17.2 Å². The molecule has 1 fully saturated rings. The molecule has 0 saturated carbocycles. The van der Waals surface area contributed by atoms with E-state index in [0.29, 0.717) is 33.8 Å². The van der Waals surface area contributed by atoms with E-state index in [1.165, 1.54) is 5.56 Å². The second kappa shape index (κ2) is 11.4. The molecule has 0 radical (unpaired) electrons. The fourth-order valence-corrected chi connectivity index (χ4v) is 5.02. The maximum absolute atomic E-state index is 12.6. The molecular formula is C27H26Cl2N4O. The van der Waals surface area contributed by atoms with Crippen molar-refractivity contribution in [2.75, 3.05) is 25.0 Å². The number of anilines is 1. The second-order valence-corrected chi connectivity index (χ2v) is 9.37. The summed E-state index contributed by atoms with van der Waals surface area (Å²) < 4.78 is 0. The number of halogens is 2. The largest absolute Gasteiger partial charge is 0.337 e. The average molecular weight is 493 g/mol. The van der Waals surface area contributed by atoms with E-state index in [1.54, 1.807) is 24.3 Å². The number of carbonyl (C=O) groups is 1. The van der Waals surface area contributed by atoms with Gasteiger partial charge in [0, 0.05) is 28.2 Å². The van der Waals surface area contributed by atoms with Crippen LogP contribution in [0.3, 0.4) is 0 Å². The Morgan fingerprint density at radius 1 is 1.00 bits per heavy atom. The normalized spacial score (nSPS) is 14.7. The van der Waals surface area contributed by atoms with Crippen LogP contribution in [0.25, 0.3) is 11.1 Å². The SMILES string of the molecule is N#Cc1cccc(-c2ccc(C(CNC(=O)Nc3cc(Cl)cc(Cl)c3)C3CCNCC3)cc2)c1. The van der Waals surface area contributed by atoms with Gasteiger partial charge >= 0.3 is 6.03 Å². The Bertz CT molecular complexity index is 1160. The Morgan fingerprint density at radius 3 is 2.38 bits per heavy atom. The number of nitrogens with one attached hydrogen (secondary N) is 3. The van der Waals surface area contributed by atoms with Crippen LogP contribution in [0.5, 0.6) is 0 Å². The summed E-state index contributed by atoms with van der Waals surface area (Å²) in [5.74, 6) is 0.658. The van der Waals surface area contributed by atoms with Gasteiger partial charge < -0.3 is 16.0 Å². The van der Waals surface area contributed by atoms with Gasteiger partial charge in [-0.1, -0.05) is 59.6 Å². The molecule has 0 bridgehead atoms. The number of amides is 2. The van der Waals surface area contributed by atoms with E-state index in [-0.39, 0.29) is 11.9 Å². The number of urea groups is 1. The van der Waals surface area contributed by atoms with E-state index in [1.807, 2.05) is 18.2 Å². The lowest BCUT2D eigenvalue weighted by Gasteiger charge is -2.31. The molecule has 3 aromatic carbocycles. The van der Waals surface area contributed by atoms with E-state index in [9.17, 15) is 10.1 Å². The molecule has 3 N–H and O–H groups in total. The highest BCUT2D eigenvalue weighted by atomic mass is 35.5. The summed E-state index contributed by atoms with van der Waals surface area (Å²) in [4.78, 5) is 12.6. The van der Waals surface area contributed by atoms with Crippen LogP contribution in [0.15, 0.2) is 66.7 Å². The molecule has 1 heterocycles. The van der Waals surface area contributed by atoms with Gasteiger partial charge in [-0.3, -0.25) is 0 Å². The summed E-state index contributed by atoms with van der Waals surface area (Å²) in [6.07, 6.45) is 2.12. The molecule has 1 atom stereocenters. The van der Waals surface area contributed by atoms with E-state index in [2.05, 4.69) is 46.3 Å². The molecule has 4 rings (SSSR count). The zero-order chi connectivity index (χ0) is 23.9. The summed E-state index contributed by atoms with van der Waals surface area (Å²) in [6.45, 7) is 2.48. The third-order valence-corrected chi connectivity index (χ3v) is 6.66. The fraction of sp³-hybridized carbons (Fsp3) is 0.259. The van der Waals surface area contributed by atoms with Gasteiger partial charge in [0.25, 0.3) is 0 Å². The van der Waals surface area contributed by atoms with E-state index in [0.717, 1.165) is 37.1 Å². The van der Waals surface area contributed by atoms with Crippen LogP contribution in [-0.4, -0.2) is 25.7 Å². The maximum atomic E-state index is 12.6. The molecule has 3 aromatic rings. The quantitative estimate of drug-likeness (QED) is 0.370. The maximum Gasteiger partial charge on any atom is 0.319 e. The molecule has 1 unspecified atom stereocenters. The first-order chi connectivity index (χ1) is 16.5. The van der Waals surface area contributed by atoms with Gasteiger partial charge in [-0.15, -0.1) is 0 Å². The number of hydrogen-bond donors (Lipinski definition) is 3. The number of benzene rings is 3. The first kappa shape index (κ1) is 24.1. The zero-order valence-electron chi connectivity index (χ0n) is 18.7. The van der Waals surface area contributed by atoms with Crippen LogP contribution >= 0.6 is 23.2 Å². The molecule has 1 aliphatic rings. The number of carbonyl (C=O) groups excluding carboxylic acids is 1. The molecule has 174 valence electrons. The van der Waals surface area contributed by atoms with Crippen LogP contribution in [0.1, 0.15) is 29.9 Å². The smallest absolute Gasteiger partial charge is 0.319 e. The molecule has 5 nitrogen and oxygen atoms in total. The number of rotatable bonds is 6. The number of nitriles is 1. The number of piperidine rings is 1. The minimum absolute atomic E-state index is 0.190. The van der Waals surface area contributed by atoms with Crippen LogP contribution in [0.2, 0.25) is 10.0 Å². The van der Waals surface area contributed by atoms with Crippen LogP contribution < -0.4 is 16.0 Å². The third kappa shape index (κ3) is 6.30. The Kier molecular flexibility index (Phi) is 8.08. The molecule has 1 saturated heterocycles. The van der Waals surface area contributed by atoms with Crippen molar-refractivity contribution in [2.24, 2.45) is 5.92 Å². The first-order valence-corrected chi connectivity index (χ1v) is 12.1. The number of nitrogens with zero attached hydrogens (tertiary/aromatic N) is 1. The molecule has 7 heteroatoms. The van der Waals surface area contributed by atoms with Crippen molar-refractivity contribution in [3.63, 3.8) is 0 Å². The third-order valence-electron chi connectivity index (χ3n) is 6.22. The van der Waals surface area contributed by atoms with Gasteiger partial charge in [0.05, 0.1) is 11.6 Å².